The number of anilines is 2. The van der Waals surface area contributed by atoms with Crippen LogP contribution in [0.4, 0.5) is 16.2 Å². The molecule has 3 rings (SSSR count). The van der Waals surface area contributed by atoms with Crippen LogP contribution in [0.1, 0.15) is 37.8 Å². The fourth-order valence-electron chi connectivity index (χ4n) is 2.87. The van der Waals surface area contributed by atoms with E-state index in [4.69, 9.17) is 0 Å². The lowest BCUT2D eigenvalue weighted by atomic mass is 10.0. The van der Waals surface area contributed by atoms with Gasteiger partial charge in [0.15, 0.2) is 0 Å². The topological polar surface area (TPSA) is 70.2 Å². The van der Waals surface area contributed by atoms with E-state index in [0.29, 0.717) is 29.8 Å². The summed E-state index contributed by atoms with van der Waals surface area (Å²) in [4.78, 5) is 24.0. The number of carbonyl (C=O) groups excluding carboxylic acids is 2. The largest absolute Gasteiger partial charge is 0.335 e. The second-order valence-electron chi connectivity index (χ2n) is 7.59. The quantitative estimate of drug-likeness (QED) is 0.683. The molecule has 2 aromatic carbocycles. The lowest BCUT2D eigenvalue weighted by Gasteiger charge is -2.09. The van der Waals surface area contributed by atoms with Crippen molar-refractivity contribution in [2.45, 2.75) is 45.6 Å². The molecule has 0 atom stereocenters. The maximum atomic E-state index is 12.2. The third-order valence-corrected chi connectivity index (χ3v) is 4.37. The SMILES string of the molecule is CC(C)Cc1ccc(CC(=O)Nc2ccc(NC(=O)NC3CC3)cc2)cc1. The van der Waals surface area contributed by atoms with Crippen molar-refractivity contribution in [2.24, 2.45) is 5.92 Å². The molecule has 0 radical (unpaired) electrons. The maximum absolute atomic E-state index is 12.2. The van der Waals surface area contributed by atoms with Crippen LogP contribution < -0.4 is 16.0 Å². The van der Waals surface area contributed by atoms with E-state index < -0.39 is 0 Å². The van der Waals surface area contributed by atoms with Crippen molar-refractivity contribution in [3.05, 3.63) is 59.7 Å². The van der Waals surface area contributed by atoms with Gasteiger partial charge in [-0.1, -0.05) is 38.1 Å². The van der Waals surface area contributed by atoms with Gasteiger partial charge in [-0.3, -0.25) is 4.79 Å². The Balaban J connectivity index is 1.47. The van der Waals surface area contributed by atoms with E-state index in [1.807, 2.05) is 12.1 Å². The Morgan fingerprint density at radius 1 is 0.889 bits per heavy atom. The molecule has 0 unspecified atom stereocenters. The highest BCUT2D eigenvalue weighted by molar-refractivity contribution is 5.93. The minimum atomic E-state index is -0.185. The third-order valence-electron chi connectivity index (χ3n) is 4.37. The molecule has 0 spiro atoms. The van der Waals surface area contributed by atoms with E-state index in [0.717, 1.165) is 24.8 Å². The van der Waals surface area contributed by atoms with Gasteiger partial charge in [-0.25, -0.2) is 4.79 Å². The Morgan fingerprint density at radius 3 is 2.00 bits per heavy atom. The lowest BCUT2D eigenvalue weighted by molar-refractivity contribution is -0.115. The molecule has 1 aliphatic carbocycles. The number of hydrogen-bond acceptors (Lipinski definition) is 2. The van der Waals surface area contributed by atoms with Crippen molar-refractivity contribution >= 4 is 23.3 Å². The zero-order valence-corrected chi connectivity index (χ0v) is 15.9. The standard InChI is InChI=1S/C22H27N3O2/c1-15(2)13-16-3-5-17(6-4-16)14-21(26)23-18-7-9-19(10-8-18)24-22(27)25-20-11-12-20/h3-10,15,20H,11-14H2,1-2H3,(H,23,26)(H2,24,25,27). The minimum absolute atomic E-state index is 0.0567. The van der Waals surface area contributed by atoms with Crippen LogP contribution in [0.15, 0.2) is 48.5 Å². The van der Waals surface area contributed by atoms with Crippen LogP contribution in [0.3, 0.4) is 0 Å². The van der Waals surface area contributed by atoms with Gasteiger partial charge >= 0.3 is 6.03 Å². The Labute approximate surface area is 160 Å². The van der Waals surface area contributed by atoms with Gasteiger partial charge in [0, 0.05) is 17.4 Å². The van der Waals surface area contributed by atoms with Gasteiger partial charge in [0.2, 0.25) is 5.91 Å². The molecule has 1 saturated carbocycles. The summed E-state index contributed by atoms with van der Waals surface area (Å²) in [5, 5.41) is 8.55. The molecular weight excluding hydrogens is 338 g/mol. The molecule has 5 nitrogen and oxygen atoms in total. The molecule has 0 saturated heterocycles. The predicted molar refractivity (Wildman–Crippen MR) is 109 cm³/mol. The first-order chi connectivity index (χ1) is 13.0. The molecule has 0 heterocycles. The van der Waals surface area contributed by atoms with Crippen molar-refractivity contribution < 1.29 is 9.59 Å². The van der Waals surface area contributed by atoms with Gasteiger partial charge in [-0.15, -0.1) is 0 Å². The number of hydrogen-bond donors (Lipinski definition) is 3. The molecule has 5 heteroatoms. The van der Waals surface area contributed by atoms with Crippen molar-refractivity contribution in [3.63, 3.8) is 0 Å². The van der Waals surface area contributed by atoms with Gasteiger partial charge in [0.05, 0.1) is 6.42 Å². The first kappa shape index (κ1) is 19.0. The second kappa shape index (κ2) is 8.71. The second-order valence-corrected chi connectivity index (χ2v) is 7.59. The molecule has 3 N–H and O–H groups in total. The Hall–Kier alpha value is -2.82. The summed E-state index contributed by atoms with van der Waals surface area (Å²) in [6, 6.07) is 15.5. The fourth-order valence-corrected chi connectivity index (χ4v) is 2.87. The average Bonchev–Trinajstić information content (AvgIpc) is 3.42. The third kappa shape index (κ3) is 6.44. The van der Waals surface area contributed by atoms with Crippen molar-refractivity contribution in [1.82, 2.24) is 5.32 Å². The molecule has 0 aromatic heterocycles. The highest BCUT2D eigenvalue weighted by Gasteiger charge is 2.23. The van der Waals surface area contributed by atoms with Crippen LogP contribution in [0.25, 0.3) is 0 Å². The first-order valence-corrected chi connectivity index (χ1v) is 9.53. The summed E-state index contributed by atoms with van der Waals surface area (Å²) in [6.07, 6.45) is 3.50. The fraction of sp³-hybridized carbons (Fsp3) is 0.364. The Morgan fingerprint density at radius 2 is 1.44 bits per heavy atom. The van der Waals surface area contributed by atoms with E-state index in [1.165, 1.54) is 5.56 Å². The smallest absolute Gasteiger partial charge is 0.319 e. The van der Waals surface area contributed by atoms with Crippen molar-refractivity contribution in [3.8, 4) is 0 Å². The summed E-state index contributed by atoms with van der Waals surface area (Å²) >= 11 is 0. The average molecular weight is 365 g/mol. The van der Waals surface area contributed by atoms with E-state index in [9.17, 15) is 9.59 Å². The molecule has 2 aromatic rings. The number of nitrogens with one attached hydrogen (secondary N) is 3. The molecule has 1 fully saturated rings. The van der Waals surface area contributed by atoms with Crippen LogP contribution in [0.5, 0.6) is 0 Å². The van der Waals surface area contributed by atoms with Crippen LogP contribution in [-0.2, 0) is 17.6 Å². The lowest BCUT2D eigenvalue weighted by Crippen LogP contribution is -2.30. The van der Waals surface area contributed by atoms with E-state index in [-0.39, 0.29) is 11.9 Å². The molecule has 1 aliphatic rings. The summed E-state index contributed by atoms with van der Waals surface area (Å²) in [7, 11) is 0. The van der Waals surface area contributed by atoms with E-state index >= 15 is 0 Å². The summed E-state index contributed by atoms with van der Waals surface area (Å²) in [6.45, 7) is 4.39. The molecule has 142 valence electrons. The van der Waals surface area contributed by atoms with Crippen LogP contribution in [-0.4, -0.2) is 18.0 Å². The van der Waals surface area contributed by atoms with Crippen LogP contribution in [0.2, 0.25) is 0 Å². The molecule has 27 heavy (non-hydrogen) atoms. The monoisotopic (exact) mass is 365 g/mol. The van der Waals surface area contributed by atoms with E-state index in [1.54, 1.807) is 24.3 Å². The summed E-state index contributed by atoms with van der Waals surface area (Å²) < 4.78 is 0. The molecule has 0 bridgehead atoms. The van der Waals surface area contributed by atoms with Gasteiger partial charge < -0.3 is 16.0 Å². The zero-order valence-electron chi connectivity index (χ0n) is 15.9. The first-order valence-electron chi connectivity index (χ1n) is 9.53. The number of rotatable bonds is 7. The van der Waals surface area contributed by atoms with Crippen molar-refractivity contribution in [1.29, 1.82) is 0 Å². The summed E-state index contributed by atoms with van der Waals surface area (Å²) in [5.74, 6) is 0.565. The Bertz CT molecular complexity index is 778. The number of benzene rings is 2. The van der Waals surface area contributed by atoms with Crippen molar-refractivity contribution in [2.75, 3.05) is 10.6 Å². The highest BCUT2D eigenvalue weighted by atomic mass is 16.2. The normalized spacial score (nSPS) is 13.3. The zero-order chi connectivity index (χ0) is 19.2. The van der Waals surface area contributed by atoms with Crippen LogP contribution >= 0.6 is 0 Å². The number of amides is 3. The maximum Gasteiger partial charge on any atom is 0.319 e. The summed E-state index contributed by atoms with van der Waals surface area (Å²) in [5.41, 5.74) is 3.70. The van der Waals surface area contributed by atoms with Gasteiger partial charge in [-0.05, 0) is 60.6 Å². The minimum Gasteiger partial charge on any atom is -0.335 e. The van der Waals surface area contributed by atoms with Gasteiger partial charge in [0.1, 0.15) is 0 Å². The van der Waals surface area contributed by atoms with E-state index in [2.05, 4.69) is 41.9 Å². The predicted octanol–water partition coefficient (Wildman–Crippen LogP) is 4.35. The number of urea groups is 1. The molecular formula is C22H27N3O2. The van der Waals surface area contributed by atoms with Crippen LogP contribution in [0, 0.1) is 5.92 Å². The highest BCUT2D eigenvalue weighted by Crippen LogP contribution is 2.19. The molecule has 0 aliphatic heterocycles. The van der Waals surface area contributed by atoms with Gasteiger partial charge in [0.25, 0.3) is 0 Å². The Kier molecular flexibility index (Phi) is 6.12. The number of carbonyl (C=O) groups is 2. The molecule has 3 amide bonds. The van der Waals surface area contributed by atoms with Gasteiger partial charge in [-0.2, -0.15) is 0 Å².